The van der Waals surface area contributed by atoms with Crippen molar-refractivity contribution < 1.29 is 22.7 Å². The number of ether oxygens (including phenoxy) is 2. The van der Waals surface area contributed by atoms with Crippen LogP contribution in [0.3, 0.4) is 0 Å². The van der Waals surface area contributed by atoms with Gasteiger partial charge in [-0.05, 0) is 36.4 Å². The van der Waals surface area contributed by atoms with Crippen molar-refractivity contribution in [1.82, 2.24) is 0 Å². The van der Waals surface area contributed by atoms with Crippen molar-refractivity contribution in [2.24, 2.45) is 0 Å². The maximum atomic E-state index is 13.0. The minimum absolute atomic E-state index is 0.0952. The number of anilines is 1. The van der Waals surface area contributed by atoms with Gasteiger partial charge in [0.15, 0.2) is 0 Å². The molecule has 6 nitrogen and oxygen atoms in total. The average Bonchev–Trinajstić information content (AvgIpc) is 2.59. The van der Waals surface area contributed by atoms with Crippen LogP contribution in [0.1, 0.15) is 0 Å². The molecular weight excluding hydrogens is 389 g/mol. The van der Waals surface area contributed by atoms with E-state index in [0.717, 1.165) is 4.31 Å². The molecule has 25 heavy (non-hydrogen) atoms. The molecule has 0 radical (unpaired) electrons. The third kappa shape index (κ3) is 4.36. The van der Waals surface area contributed by atoms with E-state index in [1.807, 2.05) is 0 Å². The maximum absolute atomic E-state index is 13.0. The zero-order chi connectivity index (χ0) is 18.6. The van der Waals surface area contributed by atoms with Gasteiger partial charge in [-0.3, -0.25) is 9.10 Å². The van der Waals surface area contributed by atoms with Crippen molar-refractivity contribution in [3.63, 3.8) is 0 Å². The lowest BCUT2D eigenvalue weighted by Gasteiger charge is -2.23. The fourth-order valence-electron chi connectivity index (χ4n) is 2.06. The van der Waals surface area contributed by atoms with E-state index in [0.29, 0.717) is 10.8 Å². The summed E-state index contributed by atoms with van der Waals surface area (Å²) in [5, 5.41) is 0.461. The number of sulfonamides is 1. The monoisotopic (exact) mass is 403 g/mol. The zero-order valence-corrected chi connectivity index (χ0v) is 15.7. The predicted octanol–water partition coefficient (Wildman–Crippen LogP) is 3.37. The minimum Gasteiger partial charge on any atom is -0.495 e. The van der Waals surface area contributed by atoms with E-state index in [4.69, 9.17) is 27.9 Å². The summed E-state index contributed by atoms with van der Waals surface area (Å²) in [6.45, 7) is -0.511. The van der Waals surface area contributed by atoms with Crippen molar-refractivity contribution in [3.05, 3.63) is 52.5 Å². The van der Waals surface area contributed by atoms with Crippen molar-refractivity contribution >= 4 is 44.9 Å². The van der Waals surface area contributed by atoms with E-state index in [1.54, 1.807) is 12.1 Å². The van der Waals surface area contributed by atoms with Crippen LogP contribution in [0.4, 0.5) is 5.69 Å². The third-order valence-corrected chi connectivity index (χ3v) is 5.61. The fourth-order valence-corrected chi connectivity index (χ4v) is 4.00. The Morgan fingerprint density at radius 3 is 2.40 bits per heavy atom. The first kappa shape index (κ1) is 19.4. The highest BCUT2D eigenvalue weighted by molar-refractivity contribution is 7.92. The van der Waals surface area contributed by atoms with Gasteiger partial charge in [0.25, 0.3) is 10.0 Å². The standard InChI is InChI=1S/C16H15Cl2NO5S/c1-23-15-7-6-13(9-14(15)18)25(21,22)19(10-16(20)24-2)12-5-3-4-11(17)8-12/h3-9H,10H2,1-2H3. The smallest absolute Gasteiger partial charge is 0.326 e. The highest BCUT2D eigenvalue weighted by atomic mass is 35.5. The molecule has 2 aromatic rings. The van der Waals surface area contributed by atoms with Gasteiger partial charge < -0.3 is 9.47 Å². The quantitative estimate of drug-likeness (QED) is 0.691. The first-order valence-corrected chi connectivity index (χ1v) is 9.18. The van der Waals surface area contributed by atoms with Gasteiger partial charge in [0.2, 0.25) is 0 Å². The van der Waals surface area contributed by atoms with E-state index >= 15 is 0 Å². The first-order valence-electron chi connectivity index (χ1n) is 6.98. The number of methoxy groups -OCH3 is 2. The molecule has 0 heterocycles. The van der Waals surface area contributed by atoms with Gasteiger partial charge in [0.1, 0.15) is 12.3 Å². The third-order valence-electron chi connectivity index (χ3n) is 3.31. The lowest BCUT2D eigenvalue weighted by atomic mass is 10.3. The van der Waals surface area contributed by atoms with Crippen LogP contribution in [0.15, 0.2) is 47.4 Å². The second kappa shape index (κ2) is 7.95. The Hall–Kier alpha value is -1.96. The van der Waals surface area contributed by atoms with Crippen molar-refractivity contribution in [2.45, 2.75) is 4.90 Å². The Kier molecular flexibility index (Phi) is 6.16. The van der Waals surface area contributed by atoms with Gasteiger partial charge in [0.05, 0.1) is 29.8 Å². The van der Waals surface area contributed by atoms with Gasteiger partial charge in [-0.25, -0.2) is 8.42 Å². The Labute approximate surface area is 155 Å². The van der Waals surface area contributed by atoms with Crippen LogP contribution in [0.25, 0.3) is 0 Å². The summed E-state index contributed by atoms with van der Waals surface area (Å²) < 4.78 is 36.6. The number of nitrogens with zero attached hydrogens (tertiary/aromatic N) is 1. The Balaban J connectivity index is 2.55. The van der Waals surface area contributed by atoms with E-state index in [2.05, 4.69) is 4.74 Å². The van der Waals surface area contributed by atoms with Crippen LogP contribution in [0.5, 0.6) is 5.75 Å². The van der Waals surface area contributed by atoms with Gasteiger partial charge in [-0.2, -0.15) is 0 Å². The van der Waals surface area contributed by atoms with E-state index in [1.165, 1.54) is 44.6 Å². The number of hydrogen-bond donors (Lipinski definition) is 0. The van der Waals surface area contributed by atoms with Crippen LogP contribution in [0.2, 0.25) is 10.0 Å². The molecule has 0 fully saturated rings. The van der Waals surface area contributed by atoms with Crippen LogP contribution >= 0.6 is 23.2 Å². The minimum atomic E-state index is -4.09. The fraction of sp³-hybridized carbons (Fsp3) is 0.188. The van der Waals surface area contributed by atoms with Gasteiger partial charge >= 0.3 is 5.97 Å². The number of esters is 1. The Morgan fingerprint density at radius 2 is 1.84 bits per heavy atom. The van der Waals surface area contributed by atoms with E-state index < -0.39 is 22.5 Å². The lowest BCUT2D eigenvalue weighted by molar-refractivity contribution is -0.138. The highest BCUT2D eigenvalue weighted by Gasteiger charge is 2.28. The average molecular weight is 404 g/mol. The summed E-state index contributed by atoms with van der Waals surface area (Å²) in [6, 6.07) is 10.2. The maximum Gasteiger partial charge on any atom is 0.326 e. The topological polar surface area (TPSA) is 72.9 Å². The molecule has 0 aliphatic heterocycles. The van der Waals surface area contributed by atoms with E-state index in [-0.39, 0.29) is 15.6 Å². The second-order valence-electron chi connectivity index (χ2n) is 4.86. The summed E-state index contributed by atoms with van der Waals surface area (Å²) in [7, 11) is -1.49. The SMILES string of the molecule is COC(=O)CN(c1cccc(Cl)c1)S(=O)(=O)c1ccc(OC)c(Cl)c1. The molecule has 2 aromatic carbocycles. The molecule has 0 aliphatic rings. The number of rotatable bonds is 6. The molecule has 0 aliphatic carbocycles. The molecule has 0 atom stereocenters. The number of benzene rings is 2. The Bertz CT molecular complexity index is 886. The second-order valence-corrected chi connectivity index (χ2v) is 7.57. The summed E-state index contributed by atoms with van der Waals surface area (Å²) >= 11 is 12.0. The number of halogens is 2. The van der Waals surface area contributed by atoms with Gasteiger partial charge in [0, 0.05) is 5.02 Å². The molecule has 0 amide bonds. The van der Waals surface area contributed by atoms with Gasteiger partial charge in [-0.1, -0.05) is 29.3 Å². The number of hydrogen-bond acceptors (Lipinski definition) is 5. The van der Waals surface area contributed by atoms with Crippen molar-refractivity contribution in [1.29, 1.82) is 0 Å². The van der Waals surface area contributed by atoms with Crippen molar-refractivity contribution in [3.8, 4) is 5.75 Å². The zero-order valence-electron chi connectivity index (χ0n) is 13.4. The molecule has 2 rings (SSSR count). The molecule has 0 saturated carbocycles. The molecule has 0 bridgehead atoms. The van der Waals surface area contributed by atoms with Crippen LogP contribution < -0.4 is 9.04 Å². The van der Waals surface area contributed by atoms with Crippen LogP contribution in [0, 0.1) is 0 Å². The van der Waals surface area contributed by atoms with E-state index in [9.17, 15) is 13.2 Å². The van der Waals surface area contributed by atoms with Crippen LogP contribution in [-0.2, 0) is 19.6 Å². The van der Waals surface area contributed by atoms with Crippen molar-refractivity contribution in [2.75, 3.05) is 25.1 Å². The molecule has 0 saturated heterocycles. The summed E-state index contributed by atoms with van der Waals surface area (Å²) in [5.41, 5.74) is 0.227. The molecule has 9 heteroatoms. The predicted molar refractivity (Wildman–Crippen MR) is 96.0 cm³/mol. The normalized spacial score (nSPS) is 11.0. The summed E-state index contributed by atoms with van der Waals surface area (Å²) in [4.78, 5) is 11.6. The summed E-state index contributed by atoms with van der Waals surface area (Å²) in [5.74, 6) is -0.383. The molecule has 0 aromatic heterocycles. The lowest BCUT2D eigenvalue weighted by Crippen LogP contribution is -2.36. The molecule has 0 unspecified atom stereocenters. The summed E-state index contributed by atoms with van der Waals surface area (Å²) in [6.07, 6.45) is 0. The molecular formula is C16H15Cl2NO5S. The van der Waals surface area contributed by atoms with Gasteiger partial charge in [-0.15, -0.1) is 0 Å². The Morgan fingerprint density at radius 1 is 1.12 bits per heavy atom. The number of carbonyl (C=O) groups is 1. The highest BCUT2D eigenvalue weighted by Crippen LogP contribution is 2.31. The number of carbonyl (C=O) groups excluding carboxylic acids is 1. The molecule has 0 N–H and O–H groups in total. The molecule has 134 valence electrons. The van der Waals surface area contributed by atoms with Crippen LogP contribution in [-0.4, -0.2) is 35.2 Å². The molecule has 0 spiro atoms. The first-order chi connectivity index (χ1) is 11.8. The largest absolute Gasteiger partial charge is 0.495 e.